The van der Waals surface area contributed by atoms with E-state index >= 15 is 0 Å². The fourth-order valence-electron chi connectivity index (χ4n) is 4.30. The molecule has 1 aromatic carbocycles. The van der Waals surface area contributed by atoms with Gasteiger partial charge in [0, 0.05) is 44.3 Å². The second kappa shape index (κ2) is 6.61. The molecule has 0 radical (unpaired) electrons. The van der Waals surface area contributed by atoms with Crippen LogP contribution in [0, 0.1) is 0 Å². The second-order valence-corrected chi connectivity index (χ2v) is 8.04. The van der Waals surface area contributed by atoms with Gasteiger partial charge in [0.1, 0.15) is 11.4 Å². The molecule has 5 heteroatoms. The van der Waals surface area contributed by atoms with E-state index in [9.17, 15) is 4.79 Å². The highest BCUT2D eigenvalue weighted by atomic mass is 16.5. The first-order valence-electron chi connectivity index (χ1n) is 9.45. The zero-order valence-corrected chi connectivity index (χ0v) is 15.2. The lowest BCUT2D eigenvalue weighted by Crippen LogP contribution is -2.44. The van der Waals surface area contributed by atoms with E-state index in [0.29, 0.717) is 12.6 Å². The summed E-state index contributed by atoms with van der Waals surface area (Å²) in [7, 11) is 0. The van der Waals surface area contributed by atoms with E-state index in [0.717, 1.165) is 56.8 Å². The third-order valence-corrected chi connectivity index (χ3v) is 5.58. The molecule has 1 aromatic rings. The first-order valence-corrected chi connectivity index (χ1v) is 9.45. The predicted octanol–water partition coefficient (Wildman–Crippen LogP) is 2.27. The first kappa shape index (κ1) is 16.9. The molecule has 1 amide bonds. The average molecular weight is 344 g/mol. The van der Waals surface area contributed by atoms with Gasteiger partial charge in [-0.1, -0.05) is 18.2 Å². The van der Waals surface area contributed by atoms with Crippen LogP contribution in [0.4, 0.5) is 0 Å². The van der Waals surface area contributed by atoms with E-state index in [2.05, 4.69) is 42.3 Å². The van der Waals surface area contributed by atoms with Crippen molar-refractivity contribution >= 4 is 5.91 Å². The van der Waals surface area contributed by atoms with Crippen molar-refractivity contribution in [2.75, 3.05) is 19.8 Å². The molecular formula is C20H28N2O3. The highest BCUT2D eigenvalue weighted by Crippen LogP contribution is 2.37. The summed E-state index contributed by atoms with van der Waals surface area (Å²) in [5, 5.41) is 3.47. The Bertz CT molecular complexity index is 652. The van der Waals surface area contributed by atoms with Crippen LogP contribution in [0.2, 0.25) is 0 Å². The fraction of sp³-hybridized carbons (Fsp3) is 0.650. The number of likely N-dealkylation sites (tertiary alicyclic amines) is 1. The molecule has 1 atom stereocenters. The number of nitrogens with zero attached hydrogens (tertiary/aromatic N) is 1. The van der Waals surface area contributed by atoms with Crippen molar-refractivity contribution in [2.45, 2.75) is 63.8 Å². The van der Waals surface area contributed by atoms with Gasteiger partial charge >= 0.3 is 0 Å². The van der Waals surface area contributed by atoms with Crippen molar-refractivity contribution in [1.82, 2.24) is 10.2 Å². The molecular weight excluding hydrogens is 316 g/mol. The largest absolute Gasteiger partial charge is 0.487 e. The standard InChI is InChI=1S/C20H28N2O3/c1-20(2)12-14-4-3-5-15(18(14)25-20)13-21-17-6-9-22(19(17)23)16-7-10-24-11-8-16/h3-5,16-17,21H,6-13H2,1-2H3. The SMILES string of the molecule is CC1(C)Cc2cccc(CNC3CCN(C4CCOCC4)C3=O)c2O1. The summed E-state index contributed by atoms with van der Waals surface area (Å²) in [5.74, 6) is 1.26. The lowest BCUT2D eigenvalue weighted by Gasteiger charge is -2.31. The lowest BCUT2D eigenvalue weighted by molar-refractivity contribution is -0.133. The molecule has 0 spiro atoms. The molecule has 2 saturated heterocycles. The Kier molecular flexibility index (Phi) is 4.46. The van der Waals surface area contributed by atoms with Crippen LogP contribution in [0.3, 0.4) is 0 Å². The molecule has 0 aliphatic carbocycles. The Balaban J connectivity index is 1.38. The van der Waals surface area contributed by atoms with E-state index < -0.39 is 0 Å². The molecule has 25 heavy (non-hydrogen) atoms. The van der Waals surface area contributed by atoms with E-state index in [-0.39, 0.29) is 17.6 Å². The Labute approximate surface area is 149 Å². The maximum absolute atomic E-state index is 12.8. The molecule has 1 N–H and O–H groups in total. The van der Waals surface area contributed by atoms with Crippen LogP contribution in [0.25, 0.3) is 0 Å². The van der Waals surface area contributed by atoms with Crippen molar-refractivity contribution in [3.63, 3.8) is 0 Å². The highest BCUT2D eigenvalue weighted by molar-refractivity contribution is 5.84. The van der Waals surface area contributed by atoms with Crippen molar-refractivity contribution in [2.24, 2.45) is 0 Å². The maximum Gasteiger partial charge on any atom is 0.240 e. The van der Waals surface area contributed by atoms with Gasteiger partial charge in [-0.15, -0.1) is 0 Å². The van der Waals surface area contributed by atoms with E-state index in [4.69, 9.17) is 9.47 Å². The molecule has 4 rings (SSSR count). The molecule has 5 nitrogen and oxygen atoms in total. The zero-order valence-electron chi connectivity index (χ0n) is 15.2. The smallest absolute Gasteiger partial charge is 0.240 e. The molecule has 3 aliphatic heterocycles. The number of para-hydroxylation sites is 1. The quantitative estimate of drug-likeness (QED) is 0.910. The first-order chi connectivity index (χ1) is 12.0. The van der Waals surface area contributed by atoms with E-state index in [1.807, 2.05) is 0 Å². The van der Waals surface area contributed by atoms with Gasteiger partial charge in [-0.2, -0.15) is 0 Å². The number of fused-ring (bicyclic) bond motifs is 1. The van der Waals surface area contributed by atoms with E-state index in [1.165, 1.54) is 5.56 Å². The molecule has 0 saturated carbocycles. The van der Waals surface area contributed by atoms with Gasteiger partial charge in [0.25, 0.3) is 0 Å². The number of ether oxygens (including phenoxy) is 2. The van der Waals surface area contributed by atoms with Crippen LogP contribution in [-0.4, -0.2) is 48.3 Å². The minimum atomic E-state index is -0.137. The van der Waals surface area contributed by atoms with Gasteiger partial charge < -0.3 is 19.7 Å². The van der Waals surface area contributed by atoms with Crippen molar-refractivity contribution in [3.8, 4) is 5.75 Å². The highest BCUT2D eigenvalue weighted by Gasteiger charge is 2.37. The predicted molar refractivity (Wildman–Crippen MR) is 95.7 cm³/mol. The number of rotatable bonds is 4. The van der Waals surface area contributed by atoms with Crippen molar-refractivity contribution in [3.05, 3.63) is 29.3 Å². The summed E-state index contributed by atoms with van der Waals surface area (Å²) >= 11 is 0. The molecule has 0 bridgehead atoms. The molecule has 136 valence electrons. The summed E-state index contributed by atoms with van der Waals surface area (Å²) in [6.07, 6.45) is 3.76. The van der Waals surface area contributed by atoms with Gasteiger partial charge in [0.15, 0.2) is 0 Å². The monoisotopic (exact) mass is 344 g/mol. The van der Waals surface area contributed by atoms with Gasteiger partial charge in [0.05, 0.1) is 6.04 Å². The number of carbonyl (C=O) groups is 1. The molecule has 2 fully saturated rings. The third-order valence-electron chi connectivity index (χ3n) is 5.58. The van der Waals surface area contributed by atoms with Crippen LogP contribution in [0.15, 0.2) is 18.2 Å². The summed E-state index contributed by atoms with van der Waals surface area (Å²) in [6, 6.07) is 6.61. The summed E-state index contributed by atoms with van der Waals surface area (Å²) < 4.78 is 11.6. The van der Waals surface area contributed by atoms with Crippen LogP contribution in [-0.2, 0) is 22.5 Å². The minimum absolute atomic E-state index is 0.0758. The Morgan fingerprint density at radius 2 is 2.04 bits per heavy atom. The normalized spacial score (nSPS) is 25.9. The number of carbonyl (C=O) groups excluding carboxylic acids is 1. The molecule has 3 aliphatic rings. The number of amides is 1. The van der Waals surface area contributed by atoms with Gasteiger partial charge in [0.2, 0.25) is 5.91 Å². The van der Waals surface area contributed by atoms with E-state index in [1.54, 1.807) is 0 Å². The van der Waals surface area contributed by atoms with Crippen LogP contribution < -0.4 is 10.1 Å². The lowest BCUT2D eigenvalue weighted by atomic mass is 10.0. The van der Waals surface area contributed by atoms with Crippen LogP contribution >= 0.6 is 0 Å². The van der Waals surface area contributed by atoms with Gasteiger partial charge in [-0.3, -0.25) is 4.79 Å². The maximum atomic E-state index is 12.8. The topological polar surface area (TPSA) is 50.8 Å². The van der Waals surface area contributed by atoms with Crippen molar-refractivity contribution < 1.29 is 14.3 Å². The summed E-state index contributed by atoms with van der Waals surface area (Å²) in [4.78, 5) is 14.8. The number of hydrogen-bond acceptors (Lipinski definition) is 4. The molecule has 1 unspecified atom stereocenters. The van der Waals surface area contributed by atoms with Crippen LogP contribution in [0.1, 0.15) is 44.2 Å². The number of benzene rings is 1. The second-order valence-electron chi connectivity index (χ2n) is 8.04. The Morgan fingerprint density at radius 1 is 1.24 bits per heavy atom. The zero-order chi connectivity index (χ0) is 17.4. The Morgan fingerprint density at radius 3 is 2.84 bits per heavy atom. The minimum Gasteiger partial charge on any atom is -0.487 e. The summed E-state index contributed by atoms with van der Waals surface area (Å²) in [5.41, 5.74) is 2.29. The number of nitrogens with one attached hydrogen (secondary N) is 1. The Hall–Kier alpha value is -1.59. The molecule has 0 aromatic heterocycles. The van der Waals surface area contributed by atoms with Crippen molar-refractivity contribution in [1.29, 1.82) is 0 Å². The summed E-state index contributed by atoms with van der Waals surface area (Å²) in [6.45, 7) is 7.33. The van der Waals surface area contributed by atoms with Gasteiger partial charge in [-0.05, 0) is 38.7 Å². The number of hydrogen-bond donors (Lipinski definition) is 1. The van der Waals surface area contributed by atoms with Gasteiger partial charge in [-0.25, -0.2) is 0 Å². The van der Waals surface area contributed by atoms with Crippen LogP contribution in [0.5, 0.6) is 5.75 Å². The third kappa shape index (κ3) is 3.40. The average Bonchev–Trinajstić information content (AvgIpc) is 3.12. The fourth-order valence-corrected chi connectivity index (χ4v) is 4.30. The molecule has 3 heterocycles.